The normalized spacial score (nSPS) is 10.6. The average Bonchev–Trinajstić information content (AvgIpc) is 2.63. The summed E-state index contributed by atoms with van der Waals surface area (Å²) in [6, 6.07) is 0. The van der Waals surface area contributed by atoms with Gasteiger partial charge < -0.3 is 10.4 Å². The number of nitrogens with zero attached hydrogens (tertiary/aromatic N) is 1. The van der Waals surface area contributed by atoms with E-state index in [-0.39, 0.29) is 5.91 Å². The molecule has 0 fully saturated rings. The number of aliphatic carboxylic acids is 1. The number of anilines is 1. The van der Waals surface area contributed by atoms with E-state index in [1.54, 1.807) is 0 Å². The number of hydrogen-bond acceptors (Lipinski definition) is 5. The molecule has 2 N–H and O–H groups in total. The molecule has 86 valence electrons. The lowest BCUT2D eigenvalue weighted by molar-refractivity contribution is -0.131. The summed E-state index contributed by atoms with van der Waals surface area (Å²) in [6.45, 7) is 0. The predicted octanol–water partition coefficient (Wildman–Crippen LogP) is 1.54. The molecule has 0 atom stereocenters. The highest BCUT2D eigenvalue weighted by molar-refractivity contribution is 7.99. The molecule has 0 aliphatic carbocycles. The van der Waals surface area contributed by atoms with Crippen LogP contribution in [0, 0.1) is 0 Å². The molecule has 0 aromatic carbocycles. The molecule has 1 rings (SSSR count). The first kappa shape index (κ1) is 12.7. The number of hydrogen-bond donors (Lipinski definition) is 2. The van der Waals surface area contributed by atoms with E-state index < -0.39 is 5.97 Å². The van der Waals surface area contributed by atoms with E-state index in [0.717, 1.165) is 6.08 Å². The first-order valence-corrected chi connectivity index (χ1v) is 6.48. The van der Waals surface area contributed by atoms with Gasteiger partial charge in [0, 0.05) is 17.2 Å². The summed E-state index contributed by atoms with van der Waals surface area (Å²) in [5, 5.41) is 11.5. The predicted molar refractivity (Wildman–Crippen MR) is 65.8 cm³/mol. The van der Waals surface area contributed by atoms with E-state index in [4.69, 9.17) is 5.11 Å². The zero-order valence-electron chi connectivity index (χ0n) is 8.47. The Hall–Kier alpha value is -1.34. The van der Waals surface area contributed by atoms with E-state index >= 15 is 0 Å². The zero-order chi connectivity index (χ0) is 12.0. The molecule has 0 radical (unpaired) electrons. The standard InChI is InChI=1S/C9H10N2O3S2/c1-15-5-7(12)11-9-10-4-6(16-9)2-3-8(13)14/h2-4H,5H2,1H3,(H,13,14)(H,10,11,12). The van der Waals surface area contributed by atoms with Crippen LogP contribution >= 0.6 is 23.1 Å². The molecule has 5 nitrogen and oxygen atoms in total. The number of aromatic nitrogens is 1. The van der Waals surface area contributed by atoms with Crippen molar-refractivity contribution in [3.63, 3.8) is 0 Å². The zero-order valence-corrected chi connectivity index (χ0v) is 10.1. The number of carbonyl (C=O) groups excluding carboxylic acids is 1. The quantitative estimate of drug-likeness (QED) is 0.783. The van der Waals surface area contributed by atoms with Crippen LogP contribution in [0.2, 0.25) is 0 Å². The van der Waals surface area contributed by atoms with Gasteiger partial charge in [0.25, 0.3) is 0 Å². The van der Waals surface area contributed by atoms with Gasteiger partial charge in [-0.1, -0.05) is 11.3 Å². The van der Waals surface area contributed by atoms with Crippen LogP contribution in [0.4, 0.5) is 5.13 Å². The van der Waals surface area contributed by atoms with Crippen LogP contribution in [0.25, 0.3) is 6.08 Å². The number of nitrogens with one attached hydrogen (secondary N) is 1. The fourth-order valence-electron chi connectivity index (χ4n) is 0.861. The summed E-state index contributed by atoms with van der Waals surface area (Å²) in [5.41, 5.74) is 0. The van der Waals surface area contributed by atoms with Gasteiger partial charge in [0.2, 0.25) is 5.91 Å². The highest BCUT2D eigenvalue weighted by atomic mass is 32.2. The summed E-state index contributed by atoms with van der Waals surface area (Å²) in [5.74, 6) is -0.753. The second-order valence-electron chi connectivity index (χ2n) is 2.72. The van der Waals surface area contributed by atoms with Crippen molar-refractivity contribution in [1.29, 1.82) is 0 Å². The Morgan fingerprint density at radius 2 is 2.44 bits per heavy atom. The van der Waals surface area contributed by atoms with Crippen molar-refractivity contribution in [2.45, 2.75) is 0 Å². The van der Waals surface area contributed by atoms with Gasteiger partial charge in [-0.05, 0) is 12.3 Å². The largest absolute Gasteiger partial charge is 0.478 e. The third kappa shape index (κ3) is 4.45. The number of amides is 1. The topological polar surface area (TPSA) is 79.3 Å². The van der Waals surface area contributed by atoms with Crippen molar-refractivity contribution in [2.24, 2.45) is 0 Å². The number of thiazole rings is 1. The number of carboxylic acids is 1. The minimum Gasteiger partial charge on any atom is -0.478 e. The Morgan fingerprint density at radius 1 is 1.69 bits per heavy atom. The molecule has 0 unspecified atom stereocenters. The highest BCUT2D eigenvalue weighted by Crippen LogP contribution is 2.19. The highest BCUT2D eigenvalue weighted by Gasteiger charge is 2.04. The van der Waals surface area contributed by atoms with Crippen LogP contribution in [-0.2, 0) is 9.59 Å². The maximum absolute atomic E-state index is 11.2. The third-order valence-electron chi connectivity index (χ3n) is 1.44. The fourth-order valence-corrected chi connectivity index (χ4v) is 1.93. The second kappa shape index (κ2) is 6.29. The second-order valence-corrected chi connectivity index (χ2v) is 4.65. The van der Waals surface area contributed by atoms with Gasteiger partial charge in [0.1, 0.15) is 0 Å². The van der Waals surface area contributed by atoms with Crippen LogP contribution in [0.1, 0.15) is 4.88 Å². The molecular formula is C9H10N2O3S2. The first-order chi connectivity index (χ1) is 7.61. The third-order valence-corrected chi connectivity index (χ3v) is 2.86. The fraction of sp³-hybridized carbons (Fsp3) is 0.222. The summed E-state index contributed by atoms with van der Waals surface area (Å²) in [7, 11) is 0. The minimum absolute atomic E-state index is 0.115. The van der Waals surface area contributed by atoms with Crippen molar-refractivity contribution in [3.8, 4) is 0 Å². The van der Waals surface area contributed by atoms with Crippen molar-refractivity contribution >= 4 is 46.2 Å². The summed E-state index contributed by atoms with van der Waals surface area (Å²) >= 11 is 2.65. The molecule has 0 saturated carbocycles. The smallest absolute Gasteiger partial charge is 0.328 e. The van der Waals surface area contributed by atoms with Crippen molar-refractivity contribution in [3.05, 3.63) is 17.2 Å². The first-order valence-electron chi connectivity index (χ1n) is 4.27. The van der Waals surface area contributed by atoms with E-state index in [9.17, 15) is 9.59 Å². The monoisotopic (exact) mass is 258 g/mol. The molecule has 0 aliphatic rings. The Morgan fingerprint density at radius 3 is 3.06 bits per heavy atom. The van der Waals surface area contributed by atoms with Crippen LogP contribution in [0.15, 0.2) is 12.3 Å². The molecule has 1 heterocycles. The maximum Gasteiger partial charge on any atom is 0.328 e. The molecule has 0 saturated heterocycles. The number of rotatable bonds is 5. The lowest BCUT2D eigenvalue weighted by atomic mass is 10.4. The number of thioether (sulfide) groups is 1. The molecule has 1 amide bonds. The van der Waals surface area contributed by atoms with Crippen molar-refractivity contribution in [2.75, 3.05) is 17.3 Å². The number of carboxylic acid groups (broad SMARTS) is 1. The van der Waals surface area contributed by atoms with Gasteiger partial charge in [-0.3, -0.25) is 4.79 Å². The Labute approximate surface area is 101 Å². The molecule has 7 heteroatoms. The Balaban J connectivity index is 2.58. The molecule has 16 heavy (non-hydrogen) atoms. The SMILES string of the molecule is CSCC(=O)Nc1ncc(C=CC(=O)O)s1. The van der Waals surface area contributed by atoms with E-state index in [1.807, 2.05) is 6.26 Å². The summed E-state index contributed by atoms with van der Waals surface area (Å²) in [6.07, 6.45) is 5.81. The van der Waals surface area contributed by atoms with E-state index in [2.05, 4.69) is 10.3 Å². The maximum atomic E-state index is 11.2. The molecule has 1 aromatic heterocycles. The van der Waals surface area contributed by atoms with Gasteiger partial charge in [-0.15, -0.1) is 0 Å². The molecule has 0 aliphatic heterocycles. The molecule has 0 spiro atoms. The van der Waals surface area contributed by atoms with Gasteiger partial charge in [0.15, 0.2) is 5.13 Å². The van der Waals surface area contributed by atoms with Crippen LogP contribution in [-0.4, -0.2) is 34.0 Å². The van der Waals surface area contributed by atoms with Crippen LogP contribution in [0.3, 0.4) is 0 Å². The Kier molecular flexibility index (Phi) is 5.00. The van der Waals surface area contributed by atoms with Crippen molar-refractivity contribution in [1.82, 2.24) is 4.98 Å². The van der Waals surface area contributed by atoms with Gasteiger partial charge >= 0.3 is 5.97 Å². The molecular weight excluding hydrogens is 248 g/mol. The average molecular weight is 258 g/mol. The van der Waals surface area contributed by atoms with E-state index in [0.29, 0.717) is 15.8 Å². The van der Waals surface area contributed by atoms with Crippen molar-refractivity contribution < 1.29 is 14.7 Å². The molecule has 1 aromatic rings. The lowest BCUT2D eigenvalue weighted by Gasteiger charge is -1.97. The summed E-state index contributed by atoms with van der Waals surface area (Å²) < 4.78 is 0. The van der Waals surface area contributed by atoms with Gasteiger partial charge in [-0.2, -0.15) is 11.8 Å². The Bertz CT molecular complexity index is 415. The summed E-state index contributed by atoms with van der Waals surface area (Å²) in [4.78, 5) is 26.1. The molecule has 0 bridgehead atoms. The van der Waals surface area contributed by atoms with E-state index in [1.165, 1.54) is 35.4 Å². The van der Waals surface area contributed by atoms with Crippen LogP contribution < -0.4 is 5.32 Å². The number of carbonyl (C=O) groups is 2. The minimum atomic E-state index is -1.01. The van der Waals surface area contributed by atoms with Gasteiger partial charge in [0.05, 0.1) is 5.75 Å². The van der Waals surface area contributed by atoms with Gasteiger partial charge in [-0.25, -0.2) is 9.78 Å². The lowest BCUT2D eigenvalue weighted by Crippen LogP contribution is -2.13. The van der Waals surface area contributed by atoms with Crippen LogP contribution in [0.5, 0.6) is 0 Å².